The second-order valence-corrected chi connectivity index (χ2v) is 9.82. The molecule has 1 saturated carbocycles. The molecule has 0 radical (unpaired) electrons. The van der Waals surface area contributed by atoms with E-state index in [1.165, 1.54) is 19.1 Å². The summed E-state index contributed by atoms with van der Waals surface area (Å²) in [6, 6.07) is 5.39. The molecule has 35 heavy (non-hydrogen) atoms. The molecule has 3 atom stereocenters. The number of carbonyl (C=O) groups is 1. The van der Waals surface area contributed by atoms with Crippen LogP contribution in [0.5, 0.6) is 5.75 Å². The summed E-state index contributed by atoms with van der Waals surface area (Å²) < 4.78 is 70.2. The summed E-state index contributed by atoms with van der Waals surface area (Å²) in [6.07, 6.45) is -3.19. The van der Waals surface area contributed by atoms with E-state index in [1.54, 1.807) is 6.92 Å². The number of pyridine rings is 1. The van der Waals surface area contributed by atoms with Crippen molar-refractivity contribution in [3.8, 4) is 11.8 Å². The van der Waals surface area contributed by atoms with Gasteiger partial charge in [-0.15, -0.1) is 0 Å². The Kier molecular flexibility index (Phi) is 5.91. The number of hydrogen-bond acceptors (Lipinski definition) is 7. The number of ether oxygens (including phenoxy) is 1. The van der Waals surface area contributed by atoms with Crippen LogP contribution in [0.15, 0.2) is 29.4 Å². The summed E-state index contributed by atoms with van der Waals surface area (Å²) in [6.45, 7) is 1.47. The van der Waals surface area contributed by atoms with Gasteiger partial charge in [-0.2, -0.15) is 18.4 Å². The SMILES string of the molecule is Cc1cc(OCC(F)(F)F)cnc1C(=O)Nc1cc(F)c(F)c([C@@]2(C)N=C(N)S[C@@]3(C#N)C[C@H]32)c1. The molecule has 2 aromatic rings. The maximum absolute atomic E-state index is 14.9. The van der Waals surface area contributed by atoms with E-state index in [1.807, 2.05) is 0 Å². The highest BCUT2D eigenvalue weighted by atomic mass is 32.2. The zero-order valence-electron chi connectivity index (χ0n) is 18.3. The van der Waals surface area contributed by atoms with Gasteiger partial charge in [-0.1, -0.05) is 11.8 Å². The van der Waals surface area contributed by atoms with Crippen LogP contribution in [-0.2, 0) is 5.54 Å². The minimum atomic E-state index is -4.54. The number of aryl methyl sites for hydroxylation is 1. The fourth-order valence-electron chi connectivity index (χ4n) is 4.17. The summed E-state index contributed by atoms with van der Waals surface area (Å²) in [4.78, 5) is 20.9. The molecule has 1 amide bonds. The van der Waals surface area contributed by atoms with Crippen LogP contribution in [0.25, 0.3) is 0 Å². The van der Waals surface area contributed by atoms with Crippen LogP contribution in [0.4, 0.5) is 27.6 Å². The number of nitriles is 1. The first kappa shape index (κ1) is 24.7. The van der Waals surface area contributed by atoms with Crippen molar-refractivity contribution < 1.29 is 31.5 Å². The summed E-state index contributed by atoms with van der Waals surface area (Å²) in [5.74, 6) is -3.81. The number of amides is 1. The largest absolute Gasteiger partial charge is 0.482 e. The number of amidine groups is 1. The van der Waals surface area contributed by atoms with Crippen LogP contribution in [0.3, 0.4) is 0 Å². The molecule has 2 aliphatic rings. The van der Waals surface area contributed by atoms with Gasteiger partial charge in [-0.25, -0.2) is 13.8 Å². The fraction of sp³-hybridized carbons (Fsp3) is 0.364. The van der Waals surface area contributed by atoms with E-state index in [2.05, 4.69) is 26.1 Å². The van der Waals surface area contributed by atoms with Crippen LogP contribution in [0.1, 0.15) is 35.0 Å². The van der Waals surface area contributed by atoms with Crippen molar-refractivity contribution in [2.45, 2.75) is 36.7 Å². The number of nitrogens with zero attached hydrogens (tertiary/aromatic N) is 3. The van der Waals surface area contributed by atoms with Crippen LogP contribution < -0.4 is 15.8 Å². The van der Waals surface area contributed by atoms with Crippen molar-refractivity contribution in [2.75, 3.05) is 11.9 Å². The first-order valence-electron chi connectivity index (χ1n) is 10.2. The fourth-order valence-corrected chi connectivity index (χ4v) is 5.45. The molecular weight excluding hydrogens is 493 g/mol. The maximum atomic E-state index is 14.9. The van der Waals surface area contributed by atoms with E-state index in [4.69, 9.17) is 5.73 Å². The summed E-state index contributed by atoms with van der Waals surface area (Å²) in [5.41, 5.74) is 4.34. The molecule has 3 N–H and O–H groups in total. The maximum Gasteiger partial charge on any atom is 0.422 e. The molecule has 0 spiro atoms. The Bertz CT molecular complexity index is 1290. The highest BCUT2D eigenvalue weighted by Gasteiger charge is 2.67. The molecule has 0 bridgehead atoms. The third kappa shape index (κ3) is 4.62. The van der Waals surface area contributed by atoms with Gasteiger partial charge in [0.15, 0.2) is 23.4 Å². The number of rotatable bonds is 5. The first-order valence-corrected chi connectivity index (χ1v) is 11.0. The molecule has 1 aromatic carbocycles. The lowest BCUT2D eigenvalue weighted by molar-refractivity contribution is -0.153. The molecule has 7 nitrogen and oxygen atoms in total. The number of carbonyl (C=O) groups excluding carboxylic acids is 1. The number of fused-ring (bicyclic) bond motifs is 1. The predicted octanol–water partition coefficient (Wildman–Crippen LogP) is 4.42. The zero-order chi connectivity index (χ0) is 25.8. The van der Waals surface area contributed by atoms with E-state index < -0.39 is 46.5 Å². The van der Waals surface area contributed by atoms with Crippen molar-refractivity contribution in [2.24, 2.45) is 16.6 Å². The molecule has 1 aromatic heterocycles. The lowest BCUT2D eigenvalue weighted by Crippen LogP contribution is -2.35. The van der Waals surface area contributed by atoms with Gasteiger partial charge < -0.3 is 15.8 Å². The van der Waals surface area contributed by atoms with Crippen molar-refractivity contribution >= 4 is 28.5 Å². The summed E-state index contributed by atoms with van der Waals surface area (Å²) in [5, 5.41) is 12.1. The van der Waals surface area contributed by atoms with Crippen molar-refractivity contribution in [3.63, 3.8) is 0 Å². The first-order chi connectivity index (χ1) is 16.3. The lowest BCUT2D eigenvalue weighted by atomic mass is 9.85. The number of aromatic nitrogens is 1. The topological polar surface area (TPSA) is 113 Å². The minimum absolute atomic E-state index is 0.0738. The number of nitrogens with one attached hydrogen (secondary N) is 1. The normalized spacial score (nSPS) is 25.2. The Labute approximate surface area is 200 Å². The van der Waals surface area contributed by atoms with Crippen LogP contribution in [0.2, 0.25) is 0 Å². The number of nitrogens with two attached hydrogens (primary N) is 1. The van der Waals surface area contributed by atoms with Crippen LogP contribution >= 0.6 is 11.8 Å². The molecule has 184 valence electrons. The average molecular weight is 511 g/mol. The van der Waals surface area contributed by atoms with Gasteiger partial charge in [0, 0.05) is 23.2 Å². The Morgan fingerprint density at radius 3 is 2.71 bits per heavy atom. The van der Waals surface area contributed by atoms with Gasteiger partial charge in [-0.05, 0) is 38.0 Å². The second-order valence-electron chi connectivity index (χ2n) is 8.47. The van der Waals surface area contributed by atoms with Gasteiger partial charge in [0.25, 0.3) is 5.91 Å². The Morgan fingerprint density at radius 1 is 1.37 bits per heavy atom. The third-order valence-electron chi connectivity index (χ3n) is 5.91. The van der Waals surface area contributed by atoms with Crippen molar-refractivity contribution in [1.29, 1.82) is 5.26 Å². The van der Waals surface area contributed by atoms with E-state index >= 15 is 0 Å². The number of anilines is 1. The van der Waals surface area contributed by atoms with E-state index in [0.29, 0.717) is 6.42 Å². The molecule has 1 aliphatic carbocycles. The van der Waals surface area contributed by atoms with Gasteiger partial charge in [0.2, 0.25) is 0 Å². The summed E-state index contributed by atoms with van der Waals surface area (Å²) >= 11 is 1.09. The van der Waals surface area contributed by atoms with Gasteiger partial charge in [0.1, 0.15) is 16.2 Å². The molecule has 0 saturated heterocycles. The summed E-state index contributed by atoms with van der Waals surface area (Å²) in [7, 11) is 0. The molecular formula is C22H18F5N5O2S. The molecule has 4 rings (SSSR count). The number of hydrogen-bond donors (Lipinski definition) is 2. The van der Waals surface area contributed by atoms with Crippen molar-refractivity contribution in [1.82, 2.24) is 4.98 Å². The van der Waals surface area contributed by atoms with E-state index in [-0.39, 0.29) is 33.4 Å². The van der Waals surface area contributed by atoms with Gasteiger partial charge in [-0.3, -0.25) is 9.79 Å². The number of thioether (sulfide) groups is 1. The van der Waals surface area contributed by atoms with Crippen LogP contribution in [-0.4, -0.2) is 33.6 Å². The van der Waals surface area contributed by atoms with Crippen molar-refractivity contribution in [3.05, 3.63) is 52.9 Å². The molecule has 2 heterocycles. The smallest absolute Gasteiger partial charge is 0.422 e. The molecule has 0 unspecified atom stereocenters. The zero-order valence-corrected chi connectivity index (χ0v) is 19.2. The highest BCUT2D eigenvalue weighted by molar-refractivity contribution is 8.15. The number of aliphatic imine (C=N–C) groups is 1. The quantitative estimate of drug-likeness (QED) is 0.575. The standard InChI is InChI=1S/C22H18F5N5O2S/c1-10-3-12(34-9-22(25,26)27)7-30-17(10)18(33)31-11-4-13(16(24)14(23)5-11)20(2)15-6-21(15,8-28)35-19(29)32-20/h3-5,7,15H,6,9H2,1-2H3,(H2,29,32)(H,31,33)/t15-,20+,21+/m0/s1. The second kappa shape index (κ2) is 8.37. The molecule has 13 heteroatoms. The lowest BCUT2D eigenvalue weighted by Gasteiger charge is -2.32. The van der Waals surface area contributed by atoms with Crippen LogP contribution in [0, 0.1) is 35.8 Å². The highest BCUT2D eigenvalue weighted by Crippen LogP contribution is 2.65. The predicted molar refractivity (Wildman–Crippen MR) is 118 cm³/mol. The third-order valence-corrected chi connectivity index (χ3v) is 7.12. The molecule has 1 aliphatic heterocycles. The molecule has 1 fully saturated rings. The Morgan fingerprint density at radius 2 is 2.09 bits per heavy atom. The number of halogens is 5. The van der Waals surface area contributed by atoms with Gasteiger partial charge in [0.05, 0.1) is 17.8 Å². The number of benzene rings is 1. The Balaban J connectivity index is 1.60. The van der Waals surface area contributed by atoms with E-state index in [0.717, 1.165) is 24.0 Å². The monoisotopic (exact) mass is 511 g/mol. The minimum Gasteiger partial charge on any atom is -0.482 e. The van der Waals surface area contributed by atoms with Gasteiger partial charge >= 0.3 is 6.18 Å². The Hall–Kier alpha value is -3.40. The van der Waals surface area contributed by atoms with E-state index in [9.17, 15) is 32.0 Å². The number of alkyl halides is 3. The average Bonchev–Trinajstić information content (AvgIpc) is 3.50.